The summed E-state index contributed by atoms with van der Waals surface area (Å²) in [5.41, 5.74) is 4.51. The Morgan fingerprint density at radius 1 is 1.50 bits per heavy atom. The van der Waals surface area contributed by atoms with Gasteiger partial charge in [0.25, 0.3) is 0 Å². The largest absolute Gasteiger partial charge is 0.419 e. The highest BCUT2D eigenvalue weighted by Gasteiger charge is 2.25. The molecule has 1 aliphatic heterocycles. The second-order valence-corrected chi connectivity index (χ2v) is 4.79. The number of nitrogens with zero attached hydrogens (tertiary/aromatic N) is 3. The monoisotopic (exact) mass is 264 g/mol. The zero-order valence-corrected chi connectivity index (χ0v) is 10.6. The first-order valence-electron chi connectivity index (χ1n) is 5.39. The van der Waals surface area contributed by atoms with Gasteiger partial charge in [-0.2, -0.15) is 5.43 Å². The van der Waals surface area contributed by atoms with E-state index in [1.165, 1.54) is 11.8 Å². The SMILES string of the molecule is Cc1ccc(NN=C(C2=NCCS2)[N+](=O)[O-])cc1. The summed E-state index contributed by atoms with van der Waals surface area (Å²) in [5, 5.41) is 15.1. The predicted octanol–water partition coefficient (Wildman–Crippen LogP) is 2.14. The van der Waals surface area contributed by atoms with E-state index in [-0.39, 0.29) is 5.84 Å². The van der Waals surface area contributed by atoms with Crippen LogP contribution in [0.4, 0.5) is 5.69 Å². The Kier molecular flexibility index (Phi) is 3.93. The van der Waals surface area contributed by atoms with Crippen LogP contribution in [0.5, 0.6) is 0 Å². The van der Waals surface area contributed by atoms with Crippen LogP contribution in [-0.2, 0) is 0 Å². The average molecular weight is 264 g/mol. The summed E-state index contributed by atoms with van der Waals surface area (Å²) in [6, 6.07) is 7.46. The molecule has 0 radical (unpaired) electrons. The first-order valence-corrected chi connectivity index (χ1v) is 6.38. The summed E-state index contributed by atoms with van der Waals surface area (Å²) in [4.78, 5) is 14.4. The van der Waals surface area contributed by atoms with Crippen molar-refractivity contribution in [1.29, 1.82) is 0 Å². The Hall–Kier alpha value is -1.89. The minimum absolute atomic E-state index is 0.224. The second kappa shape index (κ2) is 5.63. The Labute approximate surface area is 108 Å². The number of rotatable bonds is 3. The molecule has 1 N–H and O–H groups in total. The second-order valence-electron chi connectivity index (χ2n) is 3.71. The van der Waals surface area contributed by atoms with Gasteiger partial charge in [-0.3, -0.25) is 4.99 Å². The van der Waals surface area contributed by atoms with Crippen molar-refractivity contribution in [3.8, 4) is 0 Å². The molecule has 1 aromatic carbocycles. The molecule has 1 aromatic rings. The van der Waals surface area contributed by atoms with Gasteiger partial charge >= 0.3 is 5.84 Å². The van der Waals surface area contributed by atoms with Gasteiger partial charge in [-0.15, -0.1) is 0 Å². The molecule has 0 atom stereocenters. The first-order chi connectivity index (χ1) is 8.66. The molecule has 0 saturated heterocycles. The number of thioether (sulfide) groups is 1. The van der Waals surface area contributed by atoms with Gasteiger partial charge < -0.3 is 10.1 Å². The van der Waals surface area contributed by atoms with Crippen molar-refractivity contribution in [1.82, 2.24) is 0 Å². The third-order valence-corrected chi connectivity index (χ3v) is 3.26. The summed E-state index contributed by atoms with van der Waals surface area (Å²) >= 11 is 1.35. The number of benzene rings is 1. The van der Waals surface area contributed by atoms with Gasteiger partial charge in [0.05, 0.1) is 17.3 Å². The van der Waals surface area contributed by atoms with Crippen LogP contribution in [-0.4, -0.2) is 28.1 Å². The lowest BCUT2D eigenvalue weighted by molar-refractivity contribution is -0.345. The molecule has 6 nitrogen and oxygen atoms in total. The van der Waals surface area contributed by atoms with Crippen LogP contribution in [0.3, 0.4) is 0 Å². The Bertz CT molecular complexity index is 510. The van der Waals surface area contributed by atoms with E-state index in [1.54, 1.807) is 0 Å². The molecule has 94 valence electrons. The van der Waals surface area contributed by atoms with Gasteiger partial charge in [0.15, 0.2) is 5.04 Å². The van der Waals surface area contributed by atoms with Crippen LogP contribution in [0.2, 0.25) is 0 Å². The van der Waals surface area contributed by atoms with E-state index in [0.717, 1.165) is 11.3 Å². The van der Waals surface area contributed by atoms with E-state index >= 15 is 0 Å². The molecular weight excluding hydrogens is 252 g/mol. The number of hydrogen-bond acceptors (Lipinski definition) is 6. The van der Waals surface area contributed by atoms with E-state index in [9.17, 15) is 10.1 Å². The Morgan fingerprint density at radius 3 is 2.78 bits per heavy atom. The van der Waals surface area contributed by atoms with Crippen molar-refractivity contribution >= 4 is 28.3 Å². The molecular formula is C11H12N4O2S. The number of hydrogen-bond donors (Lipinski definition) is 1. The fourth-order valence-corrected chi connectivity index (χ4v) is 2.19. The van der Waals surface area contributed by atoms with Crippen LogP contribution in [0.15, 0.2) is 34.4 Å². The molecule has 0 aliphatic carbocycles. The molecule has 0 bridgehead atoms. The van der Waals surface area contributed by atoms with Crippen molar-refractivity contribution in [2.75, 3.05) is 17.7 Å². The molecule has 0 unspecified atom stereocenters. The highest BCUT2D eigenvalue weighted by Crippen LogP contribution is 2.14. The van der Waals surface area contributed by atoms with Crippen molar-refractivity contribution in [3.05, 3.63) is 39.9 Å². The zero-order chi connectivity index (χ0) is 13.0. The average Bonchev–Trinajstić information content (AvgIpc) is 2.85. The van der Waals surface area contributed by atoms with Crippen LogP contribution in [0, 0.1) is 17.0 Å². The maximum absolute atomic E-state index is 10.9. The summed E-state index contributed by atoms with van der Waals surface area (Å²) in [5.74, 6) is 0.547. The number of aryl methyl sites for hydroxylation is 1. The van der Waals surface area contributed by atoms with E-state index in [1.807, 2.05) is 31.2 Å². The van der Waals surface area contributed by atoms with Crippen LogP contribution >= 0.6 is 11.8 Å². The van der Waals surface area contributed by atoms with E-state index in [0.29, 0.717) is 17.3 Å². The lowest BCUT2D eigenvalue weighted by Crippen LogP contribution is -2.21. The van der Waals surface area contributed by atoms with Gasteiger partial charge in [0.2, 0.25) is 0 Å². The molecule has 18 heavy (non-hydrogen) atoms. The van der Waals surface area contributed by atoms with Crippen LogP contribution in [0.25, 0.3) is 0 Å². The number of nitro groups is 1. The smallest absolute Gasteiger partial charge is 0.358 e. The number of aliphatic imine (C=N–C) groups is 1. The molecule has 2 rings (SSSR count). The topological polar surface area (TPSA) is 79.9 Å². The molecule has 7 heteroatoms. The number of amidine groups is 1. The fraction of sp³-hybridized carbons (Fsp3) is 0.273. The van der Waals surface area contributed by atoms with E-state index in [4.69, 9.17) is 0 Å². The molecule has 0 amide bonds. The molecule has 0 spiro atoms. The summed E-state index contributed by atoms with van der Waals surface area (Å²) in [7, 11) is 0. The van der Waals surface area contributed by atoms with Crippen molar-refractivity contribution in [3.63, 3.8) is 0 Å². The summed E-state index contributed by atoms with van der Waals surface area (Å²) in [6.07, 6.45) is 0. The minimum Gasteiger partial charge on any atom is -0.358 e. The number of anilines is 1. The molecule has 0 fully saturated rings. The van der Waals surface area contributed by atoms with E-state index < -0.39 is 4.92 Å². The van der Waals surface area contributed by atoms with E-state index in [2.05, 4.69) is 15.5 Å². The normalized spacial score (nSPS) is 15.4. The van der Waals surface area contributed by atoms with Crippen molar-refractivity contribution in [2.45, 2.75) is 6.92 Å². The van der Waals surface area contributed by atoms with Gasteiger partial charge in [0.1, 0.15) is 0 Å². The molecule has 1 aliphatic rings. The standard InChI is InChI=1S/C11H12N4O2S/c1-8-2-4-9(5-3-8)13-14-10(15(16)17)11-12-6-7-18-11/h2-5,13H,6-7H2,1H3. The van der Waals surface area contributed by atoms with Gasteiger partial charge in [-0.05, 0) is 24.0 Å². The predicted molar refractivity (Wildman–Crippen MR) is 74.0 cm³/mol. The Morgan fingerprint density at radius 2 is 2.22 bits per heavy atom. The van der Waals surface area contributed by atoms with Crippen molar-refractivity contribution in [2.24, 2.45) is 10.1 Å². The highest BCUT2D eigenvalue weighted by atomic mass is 32.2. The third kappa shape index (κ3) is 3.07. The Balaban J connectivity index is 2.13. The van der Waals surface area contributed by atoms with Gasteiger partial charge in [0, 0.05) is 5.75 Å². The maximum Gasteiger partial charge on any atom is 0.419 e. The summed E-state index contributed by atoms with van der Waals surface area (Å²) in [6.45, 7) is 2.58. The minimum atomic E-state index is -0.516. The quantitative estimate of drug-likeness (QED) is 0.392. The third-order valence-electron chi connectivity index (χ3n) is 2.29. The first kappa shape index (κ1) is 12.6. The molecule has 0 aromatic heterocycles. The van der Waals surface area contributed by atoms with Gasteiger partial charge in [-0.25, -0.2) is 0 Å². The maximum atomic E-state index is 10.9. The van der Waals surface area contributed by atoms with Crippen molar-refractivity contribution < 1.29 is 4.92 Å². The highest BCUT2D eigenvalue weighted by molar-refractivity contribution is 8.16. The lowest BCUT2D eigenvalue weighted by Gasteiger charge is -1.99. The molecule has 1 heterocycles. The number of hydrazone groups is 1. The summed E-state index contributed by atoms with van der Waals surface area (Å²) < 4.78 is 0. The number of nitrogens with one attached hydrogen (secondary N) is 1. The van der Waals surface area contributed by atoms with Crippen LogP contribution < -0.4 is 5.43 Å². The zero-order valence-electron chi connectivity index (χ0n) is 9.79. The van der Waals surface area contributed by atoms with Crippen LogP contribution in [0.1, 0.15) is 5.56 Å². The van der Waals surface area contributed by atoms with Gasteiger partial charge in [-0.1, -0.05) is 29.5 Å². The lowest BCUT2D eigenvalue weighted by atomic mass is 10.2. The molecule has 0 saturated carbocycles. The fourth-order valence-electron chi connectivity index (χ4n) is 1.38.